The number of carbonyl (C=O) groups is 1. The summed E-state index contributed by atoms with van der Waals surface area (Å²) in [6, 6.07) is 2.31. The van der Waals surface area contributed by atoms with Gasteiger partial charge in [-0.05, 0) is 72.0 Å². The number of hydrogen-bond acceptors (Lipinski definition) is 4. The van der Waals surface area contributed by atoms with E-state index in [-0.39, 0.29) is 16.9 Å². The van der Waals surface area contributed by atoms with Gasteiger partial charge in [-0.15, -0.1) is 0 Å². The molecule has 148 valence electrons. The van der Waals surface area contributed by atoms with E-state index in [1.165, 1.54) is 0 Å². The lowest BCUT2D eigenvalue weighted by molar-refractivity contribution is -0.128. The number of rotatable bonds is 6. The minimum atomic E-state index is -0.501. The Morgan fingerprint density at radius 1 is 1.37 bits per heavy atom. The van der Waals surface area contributed by atoms with Crippen molar-refractivity contribution in [3.8, 4) is 6.07 Å². The van der Waals surface area contributed by atoms with Crippen molar-refractivity contribution in [1.82, 2.24) is 9.80 Å². The summed E-state index contributed by atoms with van der Waals surface area (Å²) >= 11 is 0. The molecular formula is C22H34N4O. The third kappa shape index (κ3) is 4.50. The summed E-state index contributed by atoms with van der Waals surface area (Å²) in [7, 11) is 4.19. The molecule has 1 amide bonds. The van der Waals surface area contributed by atoms with Crippen LogP contribution in [-0.2, 0) is 4.79 Å². The lowest BCUT2D eigenvalue weighted by atomic mass is 9.65. The summed E-state index contributed by atoms with van der Waals surface area (Å²) in [6.45, 7) is 11.3. The molecule has 1 aliphatic carbocycles. The van der Waals surface area contributed by atoms with E-state index >= 15 is 0 Å². The average molecular weight is 371 g/mol. The minimum Gasteiger partial charge on any atom is -0.341 e. The fraction of sp³-hybridized carbons (Fsp3) is 0.682. The van der Waals surface area contributed by atoms with E-state index in [2.05, 4.69) is 36.6 Å². The standard InChI is InChI=1S/C22H34N4O/c1-7-8-13-24-18(2)22(25(5)6)11-9-21(10-12-22)14-19(27)26(17-21)16-20(3,4)15-23/h7-8,13H,2,9-12,14,16-17H2,1,3-6H3/b8-7-,24-13?. The molecule has 1 heterocycles. The van der Waals surface area contributed by atoms with Crippen LogP contribution in [0.2, 0.25) is 0 Å². The molecule has 0 radical (unpaired) electrons. The van der Waals surface area contributed by atoms with Crippen LogP contribution in [0.15, 0.2) is 29.4 Å². The van der Waals surface area contributed by atoms with Crippen molar-refractivity contribution in [3.63, 3.8) is 0 Å². The molecule has 0 aromatic heterocycles. The van der Waals surface area contributed by atoms with Crippen molar-refractivity contribution >= 4 is 12.1 Å². The molecular weight excluding hydrogens is 336 g/mol. The van der Waals surface area contributed by atoms with Crippen molar-refractivity contribution < 1.29 is 4.79 Å². The van der Waals surface area contributed by atoms with E-state index in [9.17, 15) is 10.1 Å². The summed E-state index contributed by atoms with van der Waals surface area (Å²) < 4.78 is 0. The van der Waals surface area contributed by atoms with E-state index in [0.717, 1.165) is 37.9 Å². The first-order chi connectivity index (χ1) is 12.6. The summed E-state index contributed by atoms with van der Waals surface area (Å²) in [5.74, 6) is 0.195. The van der Waals surface area contributed by atoms with Crippen molar-refractivity contribution in [3.05, 3.63) is 24.4 Å². The van der Waals surface area contributed by atoms with Crippen LogP contribution >= 0.6 is 0 Å². The van der Waals surface area contributed by atoms with Gasteiger partial charge in [-0.3, -0.25) is 14.7 Å². The molecule has 5 nitrogen and oxygen atoms in total. The monoisotopic (exact) mass is 370 g/mol. The second-order valence-electron chi connectivity index (χ2n) is 9.10. The van der Waals surface area contributed by atoms with Crippen molar-refractivity contribution in [2.75, 3.05) is 27.2 Å². The van der Waals surface area contributed by atoms with Crippen LogP contribution in [0.1, 0.15) is 52.9 Å². The molecule has 1 saturated carbocycles. The molecule has 2 aliphatic rings. The van der Waals surface area contributed by atoms with E-state index in [1.807, 2.05) is 44.0 Å². The molecule has 27 heavy (non-hydrogen) atoms. The number of likely N-dealkylation sites (tertiary alicyclic amines) is 1. The van der Waals surface area contributed by atoms with Gasteiger partial charge in [-0.1, -0.05) is 12.7 Å². The Bertz CT molecular complexity index is 673. The second kappa shape index (κ2) is 7.98. The number of allylic oxidation sites excluding steroid dienone is 2. The van der Waals surface area contributed by atoms with Crippen LogP contribution in [0.25, 0.3) is 0 Å². The number of aliphatic imine (C=N–C) groups is 1. The van der Waals surface area contributed by atoms with Crippen LogP contribution in [0.3, 0.4) is 0 Å². The van der Waals surface area contributed by atoms with Crippen molar-refractivity contribution in [2.45, 2.75) is 58.4 Å². The second-order valence-corrected chi connectivity index (χ2v) is 9.10. The smallest absolute Gasteiger partial charge is 0.223 e. The maximum Gasteiger partial charge on any atom is 0.223 e. The third-order valence-corrected chi connectivity index (χ3v) is 6.33. The predicted molar refractivity (Wildman–Crippen MR) is 110 cm³/mol. The number of likely N-dealkylation sites (N-methyl/N-ethyl adjacent to an activating group) is 1. The fourth-order valence-electron chi connectivity index (χ4n) is 4.50. The quantitative estimate of drug-likeness (QED) is 0.668. The van der Waals surface area contributed by atoms with Crippen LogP contribution < -0.4 is 0 Å². The van der Waals surface area contributed by atoms with E-state index in [1.54, 1.807) is 0 Å². The predicted octanol–water partition coefficient (Wildman–Crippen LogP) is 3.79. The van der Waals surface area contributed by atoms with Crippen LogP contribution in [0.5, 0.6) is 0 Å². The summed E-state index contributed by atoms with van der Waals surface area (Å²) in [6.07, 6.45) is 10.2. The maximum absolute atomic E-state index is 12.6. The van der Waals surface area contributed by atoms with E-state index < -0.39 is 5.41 Å². The Morgan fingerprint density at radius 3 is 2.52 bits per heavy atom. The van der Waals surface area contributed by atoms with Gasteiger partial charge in [0.15, 0.2) is 0 Å². The molecule has 1 aliphatic heterocycles. The van der Waals surface area contributed by atoms with Gasteiger partial charge in [0.05, 0.1) is 22.7 Å². The minimum absolute atomic E-state index is 0.0371. The van der Waals surface area contributed by atoms with Crippen LogP contribution in [-0.4, -0.2) is 54.6 Å². The molecule has 2 fully saturated rings. The SMILES string of the molecule is C=C(N=C/C=C\C)C1(N(C)C)CCC2(CC1)CC(=O)N(CC(C)(C)C#N)C2. The molecule has 0 aromatic carbocycles. The molecule has 5 heteroatoms. The van der Waals surface area contributed by atoms with E-state index in [0.29, 0.717) is 13.0 Å². The first-order valence-electron chi connectivity index (χ1n) is 9.81. The largest absolute Gasteiger partial charge is 0.341 e. The van der Waals surface area contributed by atoms with Gasteiger partial charge in [0.25, 0.3) is 0 Å². The Balaban J connectivity index is 2.11. The van der Waals surface area contributed by atoms with Gasteiger partial charge in [0.1, 0.15) is 0 Å². The highest BCUT2D eigenvalue weighted by molar-refractivity contribution is 5.79. The lowest BCUT2D eigenvalue weighted by Crippen LogP contribution is -2.50. The summed E-state index contributed by atoms with van der Waals surface area (Å²) in [4.78, 5) is 21.3. The van der Waals surface area contributed by atoms with Crippen molar-refractivity contribution in [2.24, 2.45) is 15.8 Å². The number of nitriles is 1. The van der Waals surface area contributed by atoms with Gasteiger partial charge in [-0.2, -0.15) is 5.26 Å². The normalized spacial score (nSPS) is 29.4. The Hall–Kier alpha value is -1.93. The fourth-order valence-corrected chi connectivity index (χ4v) is 4.50. The van der Waals surface area contributed by atoms with Gasteiger partial charge < -0.3 is 4.90 Å². The molecule has 0 bridgehead atoms. The van der Waals surface area contributed by atoms with Crippen LogP contribution in [0.4, 0.5) is 0 Å². The zero-order valence-electron chi connectivity index (χ0n) is 17.6. The maximum atomic E-state index is 12.6. The Labute approximate surface area is 164 Å². The molecule has 1 spiro atoms. The lowest BCUT2D eigenvalue weighted by Gasteiger charge is -2.48. The van der Waals surface area contributed by atoms with Crippen LogP contribution in [0, 0.1) is 22.2 Å². The number of hydrogen-bond donors (Lipinski definition) is 0. The van der Waals surface area contributed by atoms with Gasteiger partial charge in [0.2, 0.25) is 5.91 Å². The highest BCUT2D eigenvalue weighted by Crippen LogP contribution is 2.50. The van der Waals surface area contributed by atoms with Gasteiger partial charge in [-0.25, -0.2) is 0 Å². The zero-order chi connectivity index (χ0) is 20.3. The van der Waals surface area contributed by atoms with E-state index in [4.69, 9.17) is 0 Å². The number of amides is 1. The molecule has 0 unspecified atom stereocenters. The highest BCUT2D eigenvalue weighted by Gasteiger charge is 2.51. The summed E-state index contributed by atoms with van der Waals surface area (Å²) in [5, 5.41) is 9.30. The molecule has 0 aromatic rings. The molecule has 1 saturated heterocycles. The van der Waals surface area contributed by atoms with Gasteiger partial charge in [0, 0.05) is 25.7 Å². The summed E-state index contributed by atoms with van der Waals surface area (Å²) in [5.41, 5.74) is 0.285. The third-order valence-electron chi connectivity index (χ3n) is 6.33. The number of nitrogens with zero attached hydrogens (tertiary/aromatic N) is 4. The molecule has 0 N–H and O–H groups in total. The Kier molecular flexibility index (Phi) is 6.32. The van der Waals surface area contributed by atoms with Crippen molar-refractivity contribution in [1.29, 1.82) is 5.26 Å². The molecule has 0 atom stereocenters. The first-order valence-corrected chi connectivity index (χ1v) is 9.81. The van der Waals surface area contributed by atoms with Gasteiger partial charge >= 0.3 is 0 Å². The molecule has 2 rings (SSSR count). The topological polar surface area (TPSA) is 59.7 Å². The first kappa shape index (κ1) is 21.4. The number of carbonyl (C=O) groups excluding carboxylic acids is 1. The Morgan fingerprint density at radius 2 is 2.00 bits per heavy atom. The average Bonchev–Trinajstić information content (AvgIpc) is 2.90. The highest BCUT2D eigenvalue weighted by atomic mass is 16.2. The zero-order valence-corrected chi connectivity index (χ0v) is 17.6.